The van der Waals surface area contributed by atoms with Crippen molar-refractivity contribution in [3.05, 3.63) is 0 Å². The van der Waals surface area contributed by atoms with Crippen LogP contribution in [0.4, 0.5) is 0 Å². The van der Waals surface area contributed by atoms with Crippen LogP contribution >= 0.6 is 0 Å². The molecule has 4 N–H and O–H groups in total. The van der Waals surface area contributed by atoms with Gasteiger partial charge in [-0.05, 0) is 0 Å². The minimum Gasteiger partial charge on any atom is 0 e. The Bertz CT molecular complexity index is 32.7. The van der Waals surface area contributed by atoms with Crippen molar-refractivity contribution >= 4 is 123 Å². The summed E-state index contributed by atoms with van der Waals surface area (Å²) in [5, 5.41) is 0. The molecule has 0 aromatic heterocycles. The summed E-state index contributed by atoms with van der Waals surface area (Å²) in [5.74, 6) is 0. The zero-order valence-corrected chi connectivity index (χ0v) is 12.8. The molecule has 0 aliphatic rings. The quantitative estimate of drug-likeness (QED) is 0.456. The van der Waals surface area contributed by atoms with E-state index in [0.29, 0.717) is 0 Å². The number of rotatable bonds is 0. The molecule has 7 heavy (non-hydrogen) atoms. The molecule has 0 saturated heterocycles. The molecule has 36 valence electrons. The Hall–Kier alpha value is 3.74. The van der Waals surface area contributed by atoms with Crippen molar-refractivity contribution in [2.45, 2.75) is 0 Å². The topological polar surface area (TPSA) is 89.0 Å². The SMILES string of the molecule is O.O=[Te](O)O.[K].[K]. The van der Waals surface area contributed by atoms with Gasteiger partial charge in [0.1, 0.15) is 0 Å². The smallest absolute Gasteiger partial charge is 0 e. The molecule has 0 aromatic carbocycles. The van der Waals surface area contributed by atoms with Crippen LogP contribution in [-0.4, -0.2) is 136 Å². The second-order valence-corrected chi connectivity index (χ2v) is 1.55. The summed E-state index contributed by atoms with van der Waals surface area (Å²) < 4.78 is 23.3. The molecule has 4 nitrogen and oxygen atoms in total. The number of hydrogen-bond donors (Lipinski definition) is 2. The molecule has 0 aromatic rings. The largest absolute Gasteiger partial charge is 0 e. The van der Waals surface area contributed by atoms with Crippen molar-refractivity contribution in [3.8, 4) is 0 Å². The molecule has 0 heterocycles. The maximum absolute atomic E-state index is 8.81. The van der Waals surface area contributed by atoms with Crippen LogP contribution in [0.2, 0.25) is 0 Å². The Morgan fingerprint density at radius 1 is 1.14 bits per heavy atom. The molecule has 0 bridgehead atoms. The van der Waals surface area contributed by atoms with Crippen molar-refractivity contribution in [1.82, 2.24) is 0 Å². The summed E-state index contributed by atoms with van der Waals surface area (Å²) in [6.45, 7) is 0. The van der Waals surface area contributed by atoms with Crippen LogP contribution in [-0.2, 0) is 3.10 Å². The maximum Gasteiger partial charge on any atom is 0 e. The Morgan fingerprint density at radius 2 is 1.14 bits per heavy atom. The Kier molecular flexibility index (Phi) is 52.5. The van der Waals surface area contributed by atoms with Gasteiger partial charge < -0.3 is 5.48 Å². The van der Waals surface area contributed by atoms with E-state index in [1.807, 2.05) is 0 Å². The van der Waals surface area contributed by atoms with Gasteiger partial charge >= 0.3 is 30.4 Å². The van der Waals surface area contributed by atoms with Gasteiger partial charge in [0.05, 0.1) is 0 Å². The average molecular weight is 274 g/mol. The molecule has 0 amide bonds. The first kappa shape index (κ1) is 22.4. The van der Waals surface area contributed by atoms with E-state index in [9.17, 15) is 0 Å². The summed E-state index contributed by atoms with van der Waals surface area (Å²) >= 11 is -3.61. The molecular weight excluding hydrogens is 270 g/mol. The van der Waals surface area contributed by atoms with Crippen LogP contribution in [0, 0.1) is 0 Å². The third kappa shape index (κ3) is 41.7. The van der Waals surface area contributed by atoms with E-state index in [2.05, 4.69) is 0 Å². The van der Waals surface area contributed by atoms with E-state index in [4.69, 9.17) is 10.0 Å². The van der Waals surface area contributed by atoms with E-state index in [-0.39, 0.29) is 108 Å². The van der Waals surface area contributed by atoms with Crippen LogP contribution < -0.4 is 0 Å². The third-order valence-corrected chi connectivity index (χ3v) is 0. The molecule has 2 radical (unpaired) electrons. The van der Waals surface area contributed by atoms with Crippen LogP contribution in [0.1, 0.15) is 0 Å². The zero-order chi connectivity index (χ0) is 3.58. The molecule has 0 saturated carbocycles. The van der Waals surface area contributed by atoms with E-state index in [0.717, 1.165) is 0 Å². The fourth-order valence-corrected chi connectivity index (χ4v) is 0. The van der Waals surface area contributed by atoms with Gasteiger partial charge in [0.25, 0.3) is 0 Å². The maximum atomic E-state index is 8.81. The minimum atomic E-state index is -3.61. The molecule has 0 aliphatic heterocycles. The van der Waals surface area contributed by atoms with Gasteiger partial charge in [-0.1, -0.05) is 0 Å². The van der Waals surface area contributed by atoms with Crippen LogP contribution in [0.3, 0.4) is 0 Å². The van der Waals surface area contributed by atoms with Crippen molar-refractivity contribution in [2.24, 2.45) is 0 Å². The van der Waals surface area contributed by atoms with Crippen molar-refractivity contribution in [3.63, 3.8) is 0 Å². The summed E-state index contributed by atoms with van der Waals surface area (Å²) in [5.41, 5.74) is 0. The Labute approximate surface area is 134 Å². The molecule has 0 atom stereocenters. The molecule has 0 unspecified atom stereocenters. The zero-order valence-electron chi connectivity index (χ0n) is 4.21. The molecule has 0 spiro atoms. The summed E-state index contributed by atoms with van der Waals surface area (Å²) in [7, 11) is 0. The third-order valence-electron chi connectivity index (χ3n) is 0. The van der Waals surface area contributed by atoms with Crippen molar-refractivity contribution in [2.75, 3.05) is 0 Å². The first-order valence-corrected chi connectivity index (χ1v) is 3.57. The van der Waals surface area contributed by atoms with E-state index < -0.39 is 20.4 Å². The van der Waals surface area contributed by atoms with Crippen molar-refractivity contribution < 1.29 is 15.5 Å². The van der Waals surface area contributed by atoms with E-state index in [1.165, 1.54) is 0 Å². The predicted octanol–water partition coefficient (Wildman–Crippen LogP) is -3.20. The van der Waals surface area contributed by atoms with Crippen LogP contribution in [0.25, 0.3) is 0 Å². The number of hydrogen-bond acceptors (Lipinski definition) is 1. The second-order valence-electron chi connectivity index (χ2n) is 0.231. The normalized spacial score (nSPS) is 5.00. The Morgan fingerprint density at radius 3 is 1.14 bits per heavy atom. The van der Waals surface area contributed by atoms with Gasteiger partial charge in [0.2, 0.25) is 0 Å². The standard InChI is InChI=1S/2K.H2O3Te.H2O/c;;1-4(2)3;/h;;(H2,1,2,3);1H2. The van der Waals surface area contributed by atoms with Gasteiger partial charge in [-0.3, -0.25) is 0 Å². The molecule has 7 heteroatoms. The molecule has 0 fully saturated rings. The molecule has 0 aliphatic carbocycles. The summed E-state index contributed by atoms with van der Waals surface area (Å²) in [4.78, 5) is 0. The average Bonchev–Trinajstić information content (AvgIpc) is 0.811. The summed E-state index contributed by atoms with van der Waals surface area (Å²) in [6, 6.07) is 0. The van der Waals surface area contributed by atoms with E-state index in [1.54, 1.807) is 0 Å². The summed E-state index contributed by atoms with van der Waals surface area (Å²) in [6.07, 6.45) is 0. The van der Waals surface area contributed by atoms with E-state index >= 15 is 0 Å². The fraction of sp³-hybridized carbons (Fsp3) is 0. The Balaban J connectivity index is -0.0000000150. The molecule has 0 rings (SSSR count). The fourth-order valence-electron chi connectivity index (χ4n) is 0. The first-order chi connectivity index (χ1) is 1.73. The van der Waals surface area contributed by atoms with Gasteiger partial charge in [0, 0.05) is 103 Å². The van der Waals surface area contributed by atoms with Crippen molar-refractivity contribution in [1.29, 1.82) is 0 Å². The van der Waals surface area contributed by atoms with Gasteiger partial charge in [-0.15, -0.1) is 0 Å². The molecular formula is H4K2O4Te. The van der Waals surface area contributed by atoms with Crippen LogP contribution in [0.15, 0.2) is 0 Å². The second kappa shape index (κ2) is 16.4. The van der Waals surface area contributed by atoms with Crippen LogP contribution in [0.5, 0.6) is 0 Å². The minimum absolute atomic E-state index is 0. The first-order valence-electron chi connectivity index (χ1n) is 0.532. The van der Waals surface area contributed by atoms with Gasteiger partial charge in [0.15, 0.2) is 0 Å². The predicted molar refractivity (Wildman–Crippen MR) is 26.0 cm³/mol. The van der Waals surface area contributed by atoms with Gasteiger partial charge in [-0.2, -0.15) is 0 Å². The monoisotopic (exact) mass is 276 g/mol. The van der Waals surface area contributed by atoms with Gasteiger partial charge in [-0.25, -0.2) is 0 Å².